The maximum atomic E-state index is 12.3. The molecule has 4 heteroatoms. The van der Waals surface area contributed by atoms with Gasteiger partial charge in [-0.1, -0.05) is 6.08 Å². The number of carbonyl (C=O) groups is 1. The van der Waals surface area contributed by atoms with Crippen molar-refractivity contribution in [3.8, 4) is 11.5 Å². The fourth-order valence-corrected chi connectivity index (χ4v) is 2.18. The molecule has 1 aromatic carbocycles. The summed E-state index contributed by atoms with van der Waals surface area (Å²) in [5.74, 6) is 1.31. The van der Waals surface area contributed by atoms with Crippen molar-refractivity contribution >= 4 is 5.91 Å². The maximum Gasteiger partial charge on any atom is 0.254 e. The first-order valence-corrected chi connectivity index (χ1v) is 6.36. The van der Waals surface area contributed by atoms with E-state index in [1.807, 2.05) is 11.0 Å². The monoisotopic (exact) mass is 261 g/mol. The highest BCUT2D eigenvalue weighted by Gasteiger charge is 2.23. The average Bonchev–Trinajstić information content (AvgIpc) is 2.36. The van der Waals surface area contributed by atoms with E-state index in [-0.39, 0.29) is 5.91 Å². The summed E-state index contributed by atoms with van der Waals surface area (Å²) in [4.78, 5) is 14.1. The zero-order valence-electron chi connectivity index (χ0n) is 11.4. The molecule has 0 N–H and O–H groups in total. The van der Waals surface area contributed by atoms with Crippen molar-refractivity contribution in [1.82, 2.24) is 4.90 Å². The van der Waals surface area contributed by atoms with Gasteiger partial charge in [-0.3, -0.25) is 4.79 Å². The van der Waals surface area contributed by atoms with Gasteiger partial charge in [-0.15, -0.1) is 6.58 Å². The van der Waals surface area contributed by atoms with Gasteiger partial charge >= 0.3 is 0 Å². The maximum absolute atomic E-state index is 12.3. The summed E-state index contributed by atoms with van der Waals surface area (Å²) < 4.78 is 10.7. The number of nitrogens with zero attached hydrogens (tertiary/aromatic N) is 1. The van der Waals surface area contributed by atoms with Crippen LogP contribution in [-0.4, -0.2) is 38.1 Å². The van der Waals surface area contributed by atoms with Crippen LogP contribution in [0.25, 0.3) is 0 Å². The third-order valence-electron chi connectivity index (χ3n) is 3.31. The van der Waals surface area contributed by atoms with Gasteiger partial charge < -0.3 is 14.4 Å². The molecule has 0 unspecified atom stereocenters. The summed E-state index contributed by atoms with van der Waals surface area (Å²) in [6, 6.07) is 3.61. The van der Waals surface area contributed by atoms with E-state index in [0.29, 0.717) is 23.5 Å². The molecule has 19 heavy (non-hydrogen) atoms. The van der Waals surface area contributed by atoms with Crippen molar-refractivity contribution in [3.63, 3.8) is 0 Å². The van der Waals surface area contributed by atoms with E-state index >= 15 is 0 Å². The van der Waals surface area contributed by atoms with Crippen LogP contribution in [0.2, 0.25) is 0 Å². The molecule has 102 valence electrons. The molecule has 1 aliphatic heterocycles. The van der Waals surface area contributed by atoms with Crippen LogP contribution in [0.15, 0.2) is 24.8 Å². The minimum absolute atomic E-state index is 0.0533. The molecule has 1 amide bonds. The van der Waals surface area contributed by atoms with E-state index in [0.717, 1.165) is 25.1 Å². The van der Waals surface area contributed by atoms with Crippen molar-refractivity contribution in [1.29, 1.82) is 0 Å². The number of allylic oxidation sites excluding steroid dienone is 1. The molecule has 1 heterocycles. The van der Waals surface area contributed by atoms with E-state index in [1.54, 1.807) is 26.4 Å². The van der Waals surface area contributed by atoms with Gasteiger partial charge in [-0.05, 0) is 25.0 Å². The summed E-state index contributed by atoms with van der Waals surface area (Å²) in [5.41, 5.74) is 1.56. The quantitative estimate of drug-likeness (QED) is 0.763. The highest BCUT2D eigenvalue weighted by atomic mass is 16.5. The number of carbonyl (C=O) groups excluding carboxylic acids is 1. The lowest BCUT2D eigenvalue weighted by atomic mass is 10.0. The highest BCUT2D eigenvalue weighted by molar-refractivity contribution is 5.95. The van der Waals surface area contributed by atoms with Crippen molar-refractivity contribution < 1.29 is 14.3 Å². The molecule has 0 atom stereocenters. The third kappa shape index (κ3) is 2.57. The van der Waals surface area contributed by atoms with Gasteiger partial charge in [0.1, 0.15) is 0 Å². The molecule has 2 rings (SSSR count). The van der Waals surface area contributed by atoms with Crippen LogP contribution in [0.5, 0.6) is 11.5 Å². The Morgan fingerprint density at radius 3 is 2.58 bits per heavy atom. The third-order valence-corrected chi connectivity index (χ3v) is 3.31. The second-order valence-electron chi connectivity index (χ2n) is 4.51. The number of rotatable bonds is 5. The molecule has 1 aromatic rings. The summed E-state index contributed by atoms with van der Waals surface area (Å²) in [5, 5.41) is 0. The van der Waals surface area contributed by atoms with Crippen LogP contribution >= 0.6 is 0 Å². The summed E-state index contributed by atoms with van der Waals surface area (Å²) in [6.45, 7) is 5.41. The topological polar surface area (TPSA) is 38.8 Å². The van der Waals surface area contributed by atoms with Crippen molar-refractivity contribution in [3.05, 3.63) is 35.9 Å². The van der Waals surface area contributed by atoms with Crippen LogP contribution in [0.3, 0.4) is 0 Å². The van der Waals surface area contributed by atoms with Crippen LogP contribution in [-0.2, 0) is 6.42 Å². The molecule has 0 aliphatic carbocycles. The van der Waals surface area contributed by atoms with E-state index in [9.17, 15) is 4.79 Å². The molecular formula is C15H19NO3. The zero-order chi connectivity index (χ0) is 13.8. The lowest BCUT2D eigenvalue weighted by molar-refractivity contribution is 0.0651. The number of likely N-dealkylation sites (tertiary alicyclic amines) is 1. The average molecular weight is 261 g/mol. The molecule has 0 saturated carbocycles. The molecule has 1 fully saturated rings. The van der Waals surface area contributed by atoms with Gasteiger partial charge in [0.25, 0.3) is 5.91 Å². The van der Waals surface area contributed by atoms with E-state index in [4.69, 9.17) is 9.47 Å². The highest BCUT2D eigenvalue weighted by Crippen LogP contribution is 2.33. The van der Waals surface area contributed by atoms with E-state index in [1.165, 1.54) is 0 Å². The molecule has 1 aliphatic rings. The predicted molar refractivity (Wildman–Crippen MR) is 74.0 cm³/mol. The molecule has 0 spiro atoms. The zero-order valence-corrected chi connectivity index (χ0v) is 11.4. The molecule has 0 aromatic heterocycles. The fraction of sp³-hybridized carbons (Fsp3) is 0.400. The van der Waals surface area contributed by atoms with Crippen LogP contribution in [0.1, 0.15) is 22.3 Å². The summed E-state index contributed by atoms with van der Waals surface area (Å²) in [7, 11) is 3.18. The van der Waals surface area contributed by atoms with Gasteiger partial charge in [0.05, 0.1) is 14.2 Å². The standard InChI is InChI=1S/C15H19NO3/c1-4-6-11-9-12(15(17)16-7-5-8-16)10-13(18-2)14(11)19-3/h4,9-10H,1,5-8H2,2-3H3. The predicted octanol–water partition coefficient (Wildman–Crippen LogP) is 2.28. The molecule has 1 saturated heterocycles. The smallest absolute Gasteiger partial charge is 0.254 e. The largest absolute Gasteiger partial charge is 0.493 e. The number of methoxy groups -OCH3 is 2. The number of benzene rings is 1. The first-order chi connectivity index (χ1) is 9.21. The molecule has 0 radical (unpaired) electrons. The Balaban J connectivity index is 2.41. The number of hydrogen-bond donors (Lipinski definition) is 0. The Kier molecular flexibility index (Phi) is 4.10. The van der Waals surface area contributed by atoms with Gasteiger partial charge in [-0.25, -0.2) is 0 Å². The number of amides is 1. The first kappa shape index (κ1) is 13.5. The second kappa shape index (κ2) is 5.78. The van der Waals surface area contributed by atoms with Crippen LogP contribution in [0.4, 0.5) is 0 Å². The summed E-state index contributed by atoms with van der Waals surface area (Å²) >= 11 is 0. The lowest BCUT2D eigenvalue weighted by Gasteiger charge is -2.31. The van der Waals surface area contributed by atoms with E-state index < -0.39 is 0 Å². The van der Waals surface area contributed by atoms with E-state index in [2.05, 4.69) is 6.58 Å². The first-order valence-electron chi connectivity index (χ1n) is 6.36. The Labute approximate surface area is 113 Å². The Morgan fingerprint density at radius 2 is 2.11 bits per heavy atom. The number of hydrogen-bond acceptors (Lipinski definition) is 3. The Morgan fingerprint density at radius 1 is 1.37 bits per heavy atom. The molecule has 0 bridgehead atoms. The van der Waals surface area contributed by atoms with Gasteiger partial charge in [0.2, 0.25) is 0 Å². The minimum Gasteiger partial charge on any atom is -0.493 e. The van der Waals surface area contributed by atoms with Crippen molar-refractivity contribution in [2.45, 2.75) is 12.8 Å². The van der Waals surface area contributed by atoms with Gasteiger partial charge in [0.15, 0.2) is 11.5 Å². The SMILES string of the molecule is C=CCc1cc(C(=O)N2CCC2)cc(OC)c1OC. The van der Waals surface area contributed by atoms with Gasteiger partial charge in [0, 0.05) is 24.2 Å². The van der Waals surface area contributed by atoms with Crippen LogP contribution in [0, 0.1) is 0 Å². The Bertz CT molecular complexity index is 492. The number of ether oxygens (including phenoxy) is 2. The fourth-order valence-electron chi connectivity index (χ4n) is 2.18. The second-order valence-corrected chi connectivity index (χ2v) is 4.51. The minimum atomic E-state index is 0.0533. The van der Waals surface area contributed by atoms with Crippen molar-refractivity contribution in [2.75, 3.05) is 27.3 Å². The lowest BCUT2D eigenvalue weighted by Crippen LogP contribution is -2.42. The molecule has 4 nitrogen and oxygen atoms in total. The molecular weight excluding hydrogens is 242 g/mol. The normalized spacial score (nSPS) is 13.7. The Hall–Kier alpha value is -1.97. The van der Waals surface area contributed by atoms with Gasteiger partial charge in [-0.2, -0.15) is 0 Å². The van der Waals surface area contributed by atoms with Crippen LogP contribution < -0.4 is 9.47 Å². The summed E-state index contributed by atoms with van der Waals surface area (Å²) in [6.07, 6.45) is 3.51. The van der Waals surface area contributed by atoms with Crippen molar-refractivity contribution in [2.24, 2.45) is 0 Å².